The highest BCUT2D eigenvalue weighted by Gasteiger charge is 2.44. The van der Waals surface area contributed by atoms with E-state index in [0.29, 0.717) is 18.4 Å². The number of aryl methyl sites for hydroxylation is 1. The lowest BCUT2D eigenvalue weighted by atomic mass is 9.69. The van der Waals surface area contributed by atoms with Crippen LogP contribution in [0.25, 0.3) is 0 Å². The number of rotatable bonds is 3. The minimum absolute atomic E-state index is 0.0158. The van der Waals surface area contributed by atoms with Crippen molar-refractivity contribution in [3.8, 4) is 5.75 Å². The number of aliphatic carboxylic acids is 1. The van der Waals surface area contributed by atoms with E-state index in [1.54, 1.807) is 6.92 Å². The van der Waals surface area contributed by atoms with Gasteiger partial charge in [-0.2, -0.15) is 0 Å². The van der Waals surface area contributed by atoms with Gasteiger partial charge in [0.15, 0.2) is 9.84 Å². The SMILES string of the molecule is Cc1cc(S(C)(=O)=O)c(C2(C(=O)O)CCCCC2)cc1O. The number of hydrogen-bond acceptors (Lipinski definition) is 4. The summed E-state index contributed by atoms with van der Waals surface area (Å²) in [5, 5.41) is 19.6. The van der Waals surface area contributed by atoms with Crippen molar-refractivity contribution in [2.75, 3.05) is 6.26 Å². The van der Waals surface area contributed by atoms with Gasteiger partial charge in [0.2, 0.25) is 0 Å². The van der Waals surface area contributed by atoms with Crippen LogP contribution >= 0.6 is 0 Å². The molecule has 0 amide bonds. The predicted octanol–water partition coefficient (Wildman–Crippen LogP) is 2.39. The molecule has 1 fully saturated rings. The van der Waals surface area contributed by atoms with Gasteiger partial charge in [0.1, 0.15) is 5.75 Å². The molecule has 0 unspecified atom stereocenters. The quantitative estimate of drug-likeness (QED) is 0.894. The Morgan fingerprint density at radius 3 is 2.24 bits per heavy atom. The van der Waals surface area contributed by atoms with Crippen LogP contribution in [0.5, 0.6) is 5.75 Å². The fraction of sp³-hybridized carbons (Fsp3) is 0.533. The van der Waals surface area contributed by atoms with Crippen LogP contribution in [-0.4, -0.2) is 30.9 Å². The highest BCUT2D eigenvalue weighted by Crippen LogP contribution is 2.44. The van der Waals surface area contributed by atoms with Crippen molar-refractivity contribution in [2.45, 2.75) is 49.3 Å². The van der Waals surface area contributed by atoms with Crippen LogP contribution in [0.1, 0.15) is 43.2 Å². The Kier molecular flexibility index (Phi) is 4.02. The molecule has 0 atom stereocenters. The number of sulfone groups is 1. The Hall–Kier alpha value is -1.56. The molecule has 2 rings (SSSR count). The number of carboxylic acids is 1. The second-order valence-electron chi connectivity index (χ2n) is 5.85. The minimum Gasteiger partial charge on any atom is -0.508 e. The van der Waals surface area contributed by atoms with Crippen molar-refractivity contribution < 1.29 is 23.4 Å². The van der Waals surface area contributed by atoms with Gasteiger partial charge in [0.25, 0.3) is 0 Å². The van der Waals surface area contributed by atoms with Crippen molar-refractivity contribution >= 4 is 15.8 Å². The molecule has 0 saturated heterocycles. The van der Waals surface area contributed by atoms with Crippen LogP contribution in [0.2, 0.25) is 0 Å². The van der Waals surface area contributed by atoms with Gasteiger partial charge >= 0.3 is 5.97 Å². The first-order valence-corrected chi connectivity index (χ1v) is 8.85. The molecular weight excluding hydrogens is 292 g/mol. The average Bonchev–Trinajstić information content (AvgIpc) is 2.40. The lowest BCUT2D eigenvalue weighted by Crippen LogP contribution is -2.39. The van der Waals surface area contributed by atoms with Crippen molar-refractivity contribution in [1.82, 2.24) is 0 Å². The summed E-state index contributed by atoms with van der Waals surface area (Å²) in [5.74, 6) is -1.08. The first-order valence-electron chi connectivity index (χ1n) is 6.96. The van der Waals surface area contributed by atoms with Crippen LogP contribution in [0, 0.1) is 6.92 Å². The molecule has 0 heterocycles. The van der Waals surface area contributed by atoms with Crippen molar-refractivity contribution in [3.05, 3.63) is 23.3 Å². The van der Waals surface area contributed by atoms with E-state index in [1.165, 1.54) is 12.1 Å². The molecule has 2 N–H and O–H groups in total. The van der Waals surface area contributed by atoms with E-state index < -0.39 is 21.2 Å². The van der Waals surface area contributed by atoms with Gasteiger partial charge in [-0.05, 0) is 43.0 Å². The first kappa shape index (κ1) is 15.8. The normalized spacial score (nSPS) is 18.4. The Morgan fingerprint density at radius 2 is 1.76 bits per heavy atom. The number of carboxylic acid groups (broad SMARTS) is 1. The van der Waals surface area contributed by atoms with Gasteiger partial charge in [0.05, 0.1) is 10.3 Å². The zero-order valence-electron chi connectivity index (χ0n) is 12.2. The zero-order valence-corrected chi connectivity index (χ0v) is 13.0. The summed E-state index contributed by atoms with van der Waals surface area (Å²) in [4.78, 5) is 11.9. The second-order valence-corrected chi connectivity index (χ2v) is 7.84. The topological polar surface area (TPSA) is 91.7 Å². The molecular formula is C15H20O5S. The minimum atomic E-state index is -3.57. The van der Waals surface area contributed by atoms with Crippen LogP contribution in [0.3, 0.4) is 0 Å². The monoisotopic (exact) mass is 312 g/mol. The summed E-state index contributed by atoms with van der Waals surface area (Å²) in [6.07, 6.45) is 4.29. The van der Waals surface area contributed by atoms with Crippen LogP contribution in [0.4, 0.5) is 0 Å². The molecule has 0 aromatic heterocycles. The number of hydrogen-bond donors (Lipinski definition) is 2. The third-order valence-corrected chi connectivity index (χ3v) is 5.47. The van der Waals surface area contributed by atoms with Crippen molar-refractivity contribution in [1.29, 1.82) is 0 Å². The molecule has 1 aliphatic rings. The molecule has 6 heteroatoms. The summed E-state index contributed by atoms with van der Waals surface area (Å²) in [6, 6.07) is 2.70. The molecule has 0 spiro atoms. The molecule has 21 heavy (non-hydrogen) atoms. The summed E-state index contributed by atoms with van der Waals surface area (Å²) < 4.78 is 24.1. The number of aromatic hydroxyl groups is 1. The molecule has 1 aliphatic carbocycles. The van der Waals surface area contributed by atoms with Crippen molar-refractivity contribution in [2.24, 2.45) is 0 Å². The Balaban J connectivity index is 2.76. The fourth-order valence-electron chi connectivity index (χ4n) is 3.10. The lowest BCUT2D eigenvalue weighted by Gasteiger charge is -2.35. The molecule has 5 nitrogen and oxygen atoms in total. The van der Waals surface area contributed by atoms with E-state index in [9.17, 15) is 23.4 Å². The number of phenolic OH excluding ortho intramolecular Hbond substituents is 1. The van der Waals surface area contributed by atoms with Gasteiger partial charge in [-0.25, -0.2) is 8.42 Å². The van der Waals surface area contributed by atoms with E-state index in [2.05, 4.69) is 0 Å². The van der Waals surface area contributed by atoms with E-state index in [1.807, 2.05) is 0 Å². The molecule has 0 bridgehead atoms. The summed E-state index contributed by atoms with van der Waals surface area (Å²) in [7, 11) is -3.57. The smallest absolute Gasteiger partial charge is 0.314 e. The van der Waals surface area contributed by atoms with Gasteiger partial charge in [-0.3, -0.25) is 4.79 Å². The maximum Gasteiger partial charge on any atom is 0.314 e. The number of phenols is 1. The van der Waals surface area contributed by atoms with E-state index in [-0.39, 0.29) is 16.2 Å². The lowest BCUT2D eigenvalue weighted by molar-refractivity contribution is -0.145. The molecule has 0 aliphatic heterocycles. The standard InChI is InChI=1S/C15H20O5S/c1-10-8-13(21(2,19)20)11(9-12(10)16)15(14(17)18)6-4-3-5-7-15/h8-9,16H,3-7H2,1-2H3,(H,17,18). The average molecular weight is 312 g/mol. The zero-order chi connectivity index (χ0) is 15.8. The second kappa shape index (κ2) is 5.33. The van der Waals surface area contributed by atoms with Gasteiger partial charge < -0.3 is 10.2 Å². The molecule has 1 aromatic rings. The largest absolute Gasteiger partial charge is 0.508 e. The Labute approximate surface area is 124 Å². The van der Waals surface area contributed by atoms with Crippen LogP contribution in [-0.2, 0) is 20.0 Å². The first-order chi connectivity index (χ1) is 9.68. The summed E-state index contributed by atoms with van der Waals surface area (Å²) in [6.45, 7) is 1.60. The highest BCUT2D eigenvalue weighted by molar-refractivity contribution is 7.90. The molecule has 0 radical (unpaired) electrons. The van der Waals surface area contributed by atoms with E-state index in [0.717, 1.165) is 25.5 Å². The maximum absolute atomic E-state index is 12.1. The van der Waals surface area contributed by atoms with Crippen LogP contribution < -0.4 is 0 Å². The van der Waals surface area contributed by atoms with Crippen molar-refractivity contribution in [3.63, 3.8) is 0 Å². The third kappa shape index (κ3) is 2.77. The maximum atomic E-state index is 12.1. The molecule has 1 aromatic carbocycles. The number of benzene rings is 1. The Morgan fingerprint density at radius 1 is 1.19 bits per heavy atom. The Bertz CT molecular complexity index is 670. The highest BCUT2D eigenvalue weighted by atomic mass is 32.2. The fourth-order valence-corrected chi connectivity index (χ4v) is 4.15. The third-order valence-electron chi connectivity index (χ3n) is 4.33. The summed E-state index contributed by atoms with van der Waals surface area (Å²) in [5.41, 5.74) is -0.571. The van der Waals surface area contributed by atoms with Gasteiger partial charge in [0, 0.05) is 6.26 Å². The predicted molar refractivity (Wildman–Crippen MR) is 78.4 cm³/mol. The molecule has 116 valence electrons. The van der Waals surface area contributed by atoms with Crippen LogP contribution in [0.15, 0.2) is 17.0 Å². The van der Waals surface area contributed by atoms with Gasteiger partial charge in [-0.1, -0.05) is 19.3 Å². The van der Waals surface area contributed by atoms with E-state index >= 15 is 0 Å². The van der Waals surface area contributed by atoms with E-state index in [4.69, 9.17) is 0 Å². The number of carbonyl (C=O) groups is 1. The molecule has 1 saturated carbocycles. The van der Waals surface area contributed by atoms with Gasteiger partial charge in [-0.15, -0.1) is 0 Å². The summed E-state index contributed by atoms with van der Waals surface area (Å²) >= 11 is 0.